The number of hydrogen-bond acceptors (Lipinski definition) is 3. The van der Waals surface area contributed by atoms with E-state index in [-0.39, 0.29) is 11.2 Å². The van der Waals surface area contributed by atoms with E-state index in [2.05, 4.69) is 41.5 Å². The summed E-state index contributed by atoms with van der Waals surface area (Å²) >= 11 is 1.51. The number of thioether (sulfide) groups is 1. The van der Waals surface area contributed by atoms with E-state index >= 15 is 0 Å². The number of nitrogens with zero attached hydrogens (tertiary/aromatic N) is 1. The van der Waals surface area contributed by atoms with Crippen LogP contribution in [0.1, 0.15) is 16.7 Å². The number of benzene rings is 2. The van der Waals surface area contributed by atoms with E-state index in [1.165, 1.54) is 28.5 Å². The molecule has 1 fully saturated rings. The van der Waals surface area contributed by atoms with Crippen molar-refractivity contribution in [1.29, 1.82) is 0 Å². The summed E-state index contributed by atoms with van der Waals surface area (Å²) < 4.78 is 0. The summed E-state index contributed by atoms with van der Waals surface area (Å²) in [7, 11) is 0. The minimum atomic E-state index is -0.105. The molecular formula is C18H18N2OS. The van der Waals surface area contributed by atoms with Crippen molar-refractivity contribution in [2.75, 3.05) is 0 Å². The first kappa shape index (κ1) is 14.9. The van der Waals surface area contributed by atoms with Gasteiger partial charge in [0.25, 0.3) is 0 Å². The number of hydrogen-bond donors (Lipinski definition) is 1. The van der Waals surface area contributed by atoms with Crippen molar-refractivity contribution in [3.8, 4) is 0 Å². The molecule has 2 aromatic rings. The maximum atomic E-state index is 12.1. The van der Waals surface area contributed by atoms with E-state index in [0.717, 1.165) is 12.1 Å². The second-order valence-corrected chi connectivity index (χ2v) is 6.73. The first-order chi connectivity index (χ1) is 10.6. The van der Waals surface area contributed by atoms with Crippen molar-refractivity contribution >= 4 is 28.5 Å². The van der Waals surface area contributed by atoms with Gasteiger partial charge in [0.05, 0.1) is 10.9 Å². The summed E-state index contributed by atoms with van der Waals surface area (Å²) in [6.07, 6.45) is 0.726. The lowest BCUT2D eigenvalue weighted by molar-refractivity contribution is -0.118. The van der Waals surface area contributed by atoms with Gasteiger partial charge in [-0.05, 0) is 38.0 Å². The molecule has 0 aromatic heterocycles. The molecule has 1 N–H and O–H groups in total. The highest BCUT2D eigenvalue weighted by atomic mass is 32.2. The molecule has 0 bridgehead atoms. The fourth-order valence-electron chi connectivity index (χ4n) is 2.27. The Labute approximate surface area is 134 Å². The third-order valence-electron chi connectivity index (χ3n) is 3.58. The van der Waals surface area contributed by atoms with Gasteiger partial charge in [0.15, 0.2) is 5.17 Å². The number of aryl methyl sites for hydroxylation is 2. The van der Waals surface area contributed by atoms with Crippen molar-refractivity contribution < 1.29 is 4.79 Å². The zero-order chi connectivity index (χ0) is 15.5. The molecule has 1 aliphatic heterocycles. The largest absolute Gasteiger partial charge is 0.304 e. The summed E-state index contributed by atoms with van der Waals surface area (Å²) in [5.41, 5.74) is 4.47. The molecule has 1 atom stereocenters. The molecule has 3 rings (SSSR count). The number of amides is 1. The zero-order valence-corrected chi connectivity index (χ0v) is 13.5. The highest BCUT2D eigenvalue weighted by Crippen LogP contribution is 2.25. The van der Waals surface area contributed by atoms with Gasteiger partial charge < -0.3 is 5.32 Å². The van der Waals surface area contributed by atoms with Crippen molar-refractivity contribution in [3.05, 3.63) is 65.2 Å². The number of carbonyl (C=O) groups is 1. The Morgan fingerprint density at radius 2 is 1.59 bits per heavy atom. The van der Waals surface area contributed by atoms with Crippen LogP contribution in [-0.2, 0) is 11.2 Å². The SMILES string of the molecule is Cc1ccc(CC2SC(=Nc3ccc(C)cc3)NC2=O)cc1. The Bertz CT molecular complexity index is 705. The van der Waals surface area contributed by atoms with Gasteiger partial charge in [-0.25, -0.2) is 4.99 Å². The van der Waals surface area contributed by atoms with Gasteiger partial charge in [-0.2, -0.15) is 0 Å². The topological polar surface area (TPSA) is 41.5 Å². The fourth-order valence-corrected chi connectivity index (χ4v) is 3.30. The smallest absolute Gasteiger partial charge is 0.239 e. The molecule has 112 valence electrons. The lowest BCUT2D eigenvalue weighted by Gasteiger charge is -2.05. The van der Waals surface area contributed by atoms with Crippen LogP contribution in [0.5, 0.6) is 0 Å². The van der Waals surface area contributed by atoms with Gasteiger partial charge in [-0.3, -0.25) is 4.79 Å². The van der Waals surface area contributed by atoms with E-state index in [4.69, 9.17) is 0 Å². The zero-order valence-electron chi connectivity index (χ0n) is 12.7. The lowest BCUT2D eigenvalue weighted by atomic mass is 10.1. The lowest BCUT2D eigenvalue weighted by Crippen LogP contribution is -2.25. The second-order valence-electron chi connectivity index (χ2n) is 5.54. The van der Waals surface area contributed by atoms with E-state index in [1.54, 1.807) is 0 Å². The van der Waals surface area contributed by atoms with E-state index in [9.17, 15) is 4.79 Å². The minimum Gasteiger partial charge on any atom is -0.304 e. The van der Waals surface area contributed by atoms with Gasteiger partial charge >= 0.3 is 0 Å². The second kappa shape index (κ2) is 6.36. The van der Waals surface area contributed by atoms with Gasteiger partial charge in [0.1, 0.15) is 0 Å². The molecule has 1 saturated heterocycles. The Morgan fingerprint density at radius 1 is 1.00 bits per heavy atom. The first-order valence-electron chi connectivity index (χ1n) is 7.28. The number of amidine groups is 1. The van der Waals surface area contributed by atoms with Crippen LogP contribution in [-0.4, -0.2) is 16.3 Å². The van der Waals surface area contributed by atoms with Gasteiger partial charge in [0.2, 0.25) is 5.91 Å². The summed E-state index contributed by atoms with van der Waals surface area (Å²) in [5, 5.41) is 3.45. The molecule has 4 heteroatoms. The maximum Gasteiger partial charge on any atom is 0.239 e. The van der Waals surface area contributed by atoms with E-state index < -0.39 is 0 Å². The highest BCUT2D eigenvalue weighted by molar-refractivity contribution is 8.15. The predicted octanol–water partition coefficient (Wildman–Crippen LogP) is 3.77. The van der Waals surface area contributed by atoms with Crippen molar-refractivity contribution in [3.63, 3.8) is 0 Å². The van der Waals surface area contributed by atoms with E-state index in [1.807, 2.05) is 31.2 Å². The average molecular weight is 310 g/mol. The van der Waals surface area contributed by atoms with Crippen molar-refractivity contribution in [2.24, 2.45) is 4.99 Å². The molecule has 1 amide bonds. The summed E-state index contributed by atoms with van der Waals surface area (Å²) in [6.45, 7) is 4.10. The summed E-state index contributed by atoms with van der Waals surface area (Å²) in [5.74, 6) is 0.0384. The Morgan fingerprint density at radius 3 is 2.23 bits per heavy atom. The van der Waals surface area contributed by atoms with Crippen LogP contribution in [0, 0.1) is 13.8 Å². The normalized spacial score (nSPS) is 19.5. The van der Waals surface area contributed by atoms with Gasteiger partial charge in [-0.15, -0.1) is 0 Å². The molecule has 0 aliphatic carbocycles. The number of aliphatic imine (C=N–C) groups is 1. The van der Waals surface area contributed by atoms with Crippen LogP contribution in [0.3, 0.4) is 0 Å². The molecule has 3 nitrogen and oxygen atoms in total. The maximum absolute atomic E-state index is 12.1. The molecule has 0 spiro atoms. The predicted molar refractivity (Wildman–Crippen MR) is 92.7 cm³/mol. The summed E-state index contributed by atoms with van der Waals surface area (Å²) in [6, 6.07) is 16.3. The van der Waals surface area contributed by atoms with Gasteiger partial charge in [0, 0.05) is 0 Å². The number of rotatable bonds is 3. The first-order valence-corrected chi connectivity index (χ1v) is 8.16. The quantitative estimate of drug-likeness (QED) is 0.937. The molecule has 0 radical (unpaired) electrons. The molecule has 22 heavy (non-hydrogen) atoms. The van der Waals surface area contributed by atoms with Crippen LogP contribution in [0.4, 0.5) is 5.69 Å². The van der Waals surface area contributed by atoms with Gasteiger partial charge in [-0.1, -0.05) is 59.3 Å². The van der Waals surface area contributed by atoms with Crippen LogP contribution < -0.4 is 5.32 Å². The van der Waals surface area contributed by atoms with Crippen molar-refractivity contribution in [1.82, 2.24) is 5.32 Å². The highest BCUT2D eigenvalue weighted by Gasteiger charge is 2.30. The molecule has 0 saturated carbocycles. The third kappa shape index (κ3) is 3.57. The van der Waals surface area contributed by atoms with Crippen molar-refractivity contribution in [2.45, 2.75) is 25.5 Å². The monoisotopic (exact) mass is 310 g/mol. The molecular weight excluding hydrogens is 292 g/mol. The van der Waals surface area contributed by atoms with Crippen LogP contribution >= 0.6 is 11.8 Å². The molecule has 1 unspecified atom stereocenters. The number of carbonyl (C=O) groups excluding carboxylic acids is 1. The number of nitrogens with one attached hydrogen (secondary N) is 1. The Kier molecular flexibility index (Phi) is 4.29. The molecule has 1 aliphatic rings. The Hall–Kier alpha value is -2.07. The molecule has 1 heterocycles. The van der Waals surface area contributed by atoms with E-state index in [0.29, 0.717) is 5.17 Å². The Balaban J connectivity index is 1.70. The fraction of sp³-hybridized carbons (Fsp3) is 0.222. The van der Waals surface area contributed by atoms with Crippen LogP contribution in [0.2, 0.25) is 0 Å². The summed E-state index contributed by atoms with van der Waals surface area (Å²) in [4.78, 5) is 16.6. The minimum absolute atomic E-state index is 0.0384. The van der Waals surface area contributed by atoms with Crippen LogP contribution in [0.15, 0.2) is 53.5 Å². The standard InChI is InChI=1S/C18H18N2OS/c1-12-3-7-14(8-4-12)11-16-17(21)20-18(22-16)19-15-9-5-13(2)6-10-15/h3-10,16H,11H2,1-2H3,(H,19,20,21). The average Bonchev–Trinajstić information content (AvgIpc) is 2.84. The third-order valence-corrected chi connectivity index (χ3v) is 4.66. The van der Waals surface area contributed by atoms with Crippen LogP contribution in [0.25, 0.3) is 0 Å². The molecule has 2 aromatic carbocycles.